The molecular weight excluding hydrogens is 244 g/mol. The minimum Gasteiger partial charge on any atom is -0.306 e. The Morgan fingerprint density at radius 3 is 2.55 bits per heavy atom. The van der Waals surface area contributed by atoms with E-state index in [2.05, 4.69) is 61.0 Å². The maximum atomic E-state index is 2.76. The molecule has 2 aliphatic rings. The van der Waals surface area contributed by atoms with Gasteiger partial charge in [0.15, 0.2) is 0 Å². The van der Waals surface area contributed by atoms with E-state index < -0.39 is 0 Å². The molecular formula is C18H28N2. The van der Waals surface area contributed by atoms with E-state index in [0.29, 0.717) is 0 Å². The Morgan fingerprint density at radius 1 is 1.10 bits per heavy atom. The van der Waals surface area contributed by atoms with Crippen LogP contribution in [0.2, 0.25) is 0 Å². The minimum absolute atomic E-state index is 0.783. The highest BCUT2D eigenvalue weighted by Gasteiger charge is 2.45. The number of fused-ring (bicyclic) bond motifs is 1. The van der Waals surface area contributed by atoms with Gasteiger partial charge in [-0.05, 0) is 36.8 Å². The van der Waals surface area contributed by atoms with E-state index in [-0.39, 0.29) is 0 Å². The smallest absolute Gasteiger partial charge is 0.0236 e. The van der Waals surface area contributed by atoms with E-state index in [1.165, 1.54) is 31.6 Å². The minimum atomic E-state index is 0.783. The standard InChI is InChI=1S/C18H28N2/c1-14(2)9-18-17-13-19(3)11-16(17)12-20(18)10-15-7-5-4-6-8-15/h4-8,14,16-18H,9-13H2,1-3H3/t16-,17-,18-/m1/s1. The third-order valence-corrected chi connectivity index (χ3v) is 5.05. The lowest BCUT2D eigenvalue weighted by Crippen LogP contribution is -2.36. The topological polar surface area (TPSA) is 6.48 Å². The first kappa shape index (κ1) is 14.1. The molecule has 20 heavy (non-hydrogen) atoms. The first-order chi connectivity index (χ1) is 9.63. The van der Waals surface area contributed by atoms with Gasteiger partial charge in [-0.1, -0.05) is 44.2 Å². The van der Waals surface area contributed by atoms with Crippen LogP contribution in [0.3, 0.4) is 0 Å². The summed E-state index contributed by atoms with van der Waals surface area (Å²) in [5.41, 5.74) is 1.47. The number of rotatable bonds is 4. The van der Waals surface area contributed by atoms with Crippen LogP contribution in [0.4, 0.5) is 0 Å². The molecule has 0 saturated carbocycles. The van der Waals surface area contributed by atoms with Crippen molar-refractivity contribution in [3.63, 3.8) is 0 Å². The summed E-state index contributed by atoms with van der Waals surface area (Å²) in [6.07, 6.45) is 1.35. The lowest BCUT2D eigenvalue weighted by Gasteiger charge is -2.30. The summed E-state index contributed by atoms with van der Waals surface area (Å²) in [7, 11) is 2.28. The molecule has 0 radical (unpaired) electrons. The molecule has 0 aromatic heterocycles. The molecule has 0 unspecified atom stereocenters. The van der Waals surface area contributed by atoms with E-state index >= 15 is 0 Å². The van der Waals surface area contributed by atoms with Crippen LogP contribution >= 0.6 is 0 Å². The van der Waals surface area contributed by atoms with Crippen LogP contribution in [0.15, 0.2) is 30.3 Å². The van der Waals surface area contributed by atoms with Gasteiger partial charge in [0.1, 0.15) is 0 Å². The summed E-state index contributed by atoms with van der Waals surface area (Å²) in [6, 6.07) is 11.8. The van der Waals surface area contributed by atoms with Crippen molar-refractivity contribution in [1.29, 1.82) is 0 Å². The van der Waals surface area contributed by atoms with Gasteiger partial charge in [-0.25, -0.2) is 0 Å². The van der Waals surface area contributed by atoms with Gasteiger partial charge >= 0.3 is 0 Å². The largest absolute Gasteiger partial charge is 0.306 e. The Morgan fingerprint density at radius 2 is 1.85 bits per heavy atom. The highest BCUT2D eigenvalue weighted by atomic mass is 15.2. The molecule has 2 fully saturated rings. The van der Waals surface area contributed by atoms with Crippen LogP contribution in [-0.4, -0.2) is 42.5 Å². The Labute approximate surface area is 123 Å². The summed E-state index contributed by atoms with van der Waals surface area (Å²) >= 11 is 0. The molecule has 0 spiro atoms. The van der Waals surface area contributed by atoms with E-state index in [1.807, 2.05) is 0 Å². The number of nitrogens with zero attached hydrogens (tertiary/aromatic N) is 2. The fourth-order valence-corrected chi connectivity index (χ4v) is 4.26. The van der Waals surface area contributed by atoms with E-state index in [1.54, 1.807) is 0 Å². The highest BCUT2D eigenvalue weighted by Crippen LogP contribution is 2.39. The average Bonchev–Trinajstić information content (AvgIpc) is 2.89. The van der Waals surface area contributed by atoms with Crippen molar-refractivity contribution >= 4 is 0 Å². The van der Waals surface area contributed by atoms with Gasteiger partial charge in [0.05, 0.1) is 0 Å². The SMILES string of the molecule is CC(C)C[C@@H]1[C@@H]2CN(C)C[C@@H]2CN1Cc1ccccc1. The van der Waals surface area contributed by atoms with Gasteiger partial charge in [-0.15, -0.1) is 0 Å². The highest BCUT2D eigenvalue weighted by molar-refractivity contribution is 5.15. The summed E-state index contributed by atoms with van der Waals surface area (Å²) in [5.74, 6) is 2.58. The summed E-state index contributed by atoms with van der Waals surface area (Å²) in [5, 5.41) is 0. The molecule has 3 rings (SSSR count). The molecule has 110 valence electrons. The van der Waals surface area contributed by atoms with Crippen molar-refractivity contribution in [2.24, 2.45) is 17.8 Å². The number of hydrogen-bond donors (Lipinski definition) is 0. The molecule has 0 N–H and O–H groups in total. The van der Waals surface area contributed by atoms with E-state index in [4.69, 9.17) is 0 Å². The van der Waals surface area contributed by atoms with Crippen molar-refractivity contribution in [3.05, 3.63) is 35.9 Å². The van der Waals surface area contributed by atoms with Gasteiger partial charge in [0, 0.05) is 32.2 Å². The zero-order chi connectivity index (χ0) is 14.1. The van der Waals surface area contributed by atoms with E-state index in [9.17, 15) is 0 Å². The fraction of sp³-hybridized carbons (Fsp3) is 0.667. The maximum Gasteiger partial charge on any atom is 0.0236 e. The van der Waals surface area contributed by atoms with Crippen molar-refractivity contribution in [2.45, 2.75) is 32.9 Å². The summed E-state index contributed by atoms with van der Waals surface area (Å²) in [6.45, 7) is 9.76. The Hall–Kier alpha value is -0.860. The van der Waals surface area contributed by atoms with Crippen LogP contribution < -0.4 is 0 Å². The number of likely N-dealkylation sites (tertiary alicyclic amines) is 2. The number of hydrogen-bond acceptors (Lipinski definition) is 2. The molecule has 1 aromatic carbocycles. The van der Waals surface area contributed by atoms with Gasteiger partial charge in [0.25, 0.3) is 0 Å². The Balaban J connectivity index is 1.73. The predicted octanol–water partition coefficient (Wildman–Crippen LogP) is 3.09. The molecule has 2 heteroatoms. The maximum absolute atomic E-state index is 2.76. The molecule has 2 heterocycles. The molecule has 0 aliphatic carbocycles. The van der Waals surface area contributed by atoms with Crippen molar-refractivity contribution in [1.82, 2.24) is 9.80 Å². The van der Waals surface area contributed by atoms with Crippen molar-refractivity contribution < 1.29 is 0 Å². The molecule has 2 saturated heterocycles. The first-order valence-corrected chi connectivity index (χ1v) is 8.10. The lowest BCUT2D eigenvalue weighted by atomic mass is 9.89. The van der Waals surface area contributed by atoms with E-state index in [0.717, 1.165) is 30.3 Å². The number of benzene rings is 1. The van der Waals surface area contributed by atoms with Crippen LogP contribution in [0.5, 0.6) is 0 Å². The van der Waals surface area contributed by atoms with Crippen LogP contribution in [-0.2, 0) is 6.54 Å². The van der Waals surface area contributed by atoms with Crippen molar-refractivity contribution in [3.8, 4) is 0 Å². The van der Waals surface area contributed by atoms with Gasteiger partial charge in [-0.3, -0.25) is 4.90 Å². The lowest BCUT2D eigenvalue weighted by molar-refractivity contribution is 0.174. The molecule has 2 aliphatic heterocycles. The zero-order valence-electron chi connectivity index (χ0n) is 13.1. The van der Waals surface area contributed by atoms with Gasteiger partial charge < -0.3 is 4.90 Å². The first-order valence-electron chi connectivity index (χ1n) is 8.10. The quantitative estimate of drug-likeness (QED) is 0.831. The van der Waals surface area contributed by atoms with Crippen LogP contribution in [0.1, 0.15) is 25.8 Å². The second-order valence-corrected chi connectivity index (χ2v) is 7.26. The van der Waals surface area contributed by atoms with Crippen molar-refractivity contribution in [2.75, 3.05) is 26.7 Å². The normalized spacial score (nSPS) is 31.1. The second kappa shape index (κ2) is 5.87. The third-order valence-electron chi connectivity index (χ3n) is 5.05. The summed E-state index contributed by atoms with van der Waals surface area (Å²) < 4.78 is 0. The molecule has 0 amide bonds. The molecule has 3 atom stereocenters. The van der Waals surface area contributed by atoms with Crippen LogP contribution in [0, 0.1) is 17.8 Å². The molecule has 2 nitrogen and oxygen atoms in total. The summed E-state index contributed by atoms with van der Waals surface area (Å²) in [4.78, 5) is 5.29. The second-order valence-electron chi connectivity index (χ2n) is 7.26. The van der Waals surface area contributed by atoms with Gasteiger partial charge in [-0.2, -0.15) is 0 Å². The monoisotopic (exact) mass is 272 g/mol. The molecule has 1 aromatic rings. The zero-order valence-corrected chi connectivity index (χ0v) is 13.1. The fourth-order valence-electron chi connectivity index (χ4n) is 4.26. The predicted molar refractivity (Wildman–Crippen MR) is 84.6 cm³/mol. The Bertz CT molecular complexity index is 428. The van der Waals surface area contributed by atoms with Gasteiger partial charge in [0.2, 0.25) is 0 Å². The third kappa shape index (κ3) is 2.91. The average molecular weight is 272 g/mol. The van der Waals surface area contributed by atoms with Crippen LogP contribution in [0.25, 0.3) is 0 Å². The Kier molecular flexibility index (Phi) is 4.13. The molecule has 0 bridgehead atoms.